The van der Waals surface area contributed by atoms with Gasteiger partial charge >= 0.3 is 0 Å². The van der Waals surface area contributed by atoms with Crippen molar-refractivity contribution < 1.29 is 9.18 Å². The van der Waals surface area contributed by atoms with E-state index in [1.807, 2.05) is 21.9 Å². The number of benzene rings is 1. The summed E-state index contributed by atoms with van der Waals surface area (Å²) in [4.78, 5) is 18.8. The molecule has 0 unspecified atom stereocenters. The lowest BCUT2D eigenvalue weighted by molar-refractivity contribution is -0.137. The van der Waals surface area contributed by atoms with Gasteiger partial charge in [0.1, 0.15) is 5.82 Å². The lowest BCUT2D eigenvalue weighted by Crippen LogP contribution is -2.52. The summed E-state index contributed by atoms with van der Waals surface area (Å²) in [5, 5.41) is 0. The van der Waals surface area contributed by atoms with Crippen molar-refractivity contribution in [3.05, 3.63) is 30.1 Å². The first-order valence-electron chi connectivity index (χ1n) is 8.12. The molecule has 0 radical (unpaired) electrons. The van der Waals surface area contributed by atoms with Crippen LogP contribution in [0.1, 0.15) is 12.8 Å². The summed E-state index contributed by atoms with van der Waals surface area (Å²) in [5.74, 6) is 0.231. The van der Waals surface area contributed by atoms with Crippen molar-refractivity contribution in [2.24, 2.45) is 5.92 Å². The van der Waals surface area contributed by atoms with Crippen molar-refractivity contribution in [1.82, 2.24) is 9.80 Å². The molecule has 0 bridgehead atoms. The van der Waals surface area contributed by atoms with Gasteiger partial charge in [-0.3, -0.25) is 4.79 Å². The molecule has 0 saturated carbocycles. The van der Waals surface area contributed by atoms with E-state index in [0.717, 1.165) is 25.9 Å². The van der Waals surface area contributed by atoms with Gasteiger partial charge in [0, 0.05) is 32.7 Å². The van der Waals surface area contributed by atoms with Gasteiger partial charge in [-0.05, 0) is 38.6 Å². The van der Waals surface area contributed by atoms with Gasteiger partial charge in [0.05, 0.1) is 11.6 Å². The van der Waals surface area contributed by atoms with Gasteiger partial charge in [0.25, 0.3) is 0 Å². The highest BCUT2D eigenvalue weighted by Crippen LogP contribution is 2.22. The highest BCUT2D eigenvalue weighted by atomic mass is 19.1. The molecule has 1 aromatic carbocycles. The van der Waals surface area contributed by atoms with Gasteiger partial charge in [-0.15, -0.1) is 0 Å². The Hall–Kier alpha value is -1.62. The van der Waals surface area contributed by atoms with Crippen molar-refractivity contribution in [2.45, 2.75) is 12.8 Å². The third kappa shape index (κ3) is 3.24. The molecule has 1 aromatic rings. The fourth-order valence-corrected chi connectivity index (χ4v) is 3.50. The summed E-state index contributed by atoms with van der Waals surface area (Å²) in [6.07, 6.45) is 2.10. The summed E-state index contributed by atoms with van der Waals surface area (Å²) in [6.45, 7) is 4.74. The second-order valence-electron chi connectivity index (χ2n) is 6.37. The minimum absolute atomic E-state index is 0.138. The van der Waals surface area contributed by atoms with Crippen molar-refractivity contribution in [3.63, 3.8) is 0 Å². The molecule has 0 aromatic heterocycles. The normalized spacial score (nSPS) is 23.6. The monoisotopic (exact) mass is 305 g/mol. The molecule has 5 heteroatoms. The molecule has 2 saturated heterocycles. The third-order valence-electron chi connectivity index (χ3n) is 4.76. The number of hydrogen-bond acceptors (Lipinski definition) is 3. The van der Waals surface area contributed by atoms with Gasteiger partial charge in [-0.2, -0.15) is 0 Å². The zero-order valence-electron chi connectivity index (χ0n) is 13.2. The van der Waals surface area contributed by atoms with Gasteiger partial charge in [-0.25, -0.2) is 4.39 Å². The zero-order chi connectivity index (χ0) is 15.5. The number of hydrogen-bond donors (Lipinski definition) is 0. The van der Waals surface area contributed by atoms with Crippen LogP contribution in [0.25, 0.3) is 0 Å². The lowest BCUT2D eigenvalue weighted by Gasteiger charge is -2.39. The first-order chi connectivity index (χ1) is 10.6. The zero-order valence-corrected chi connectivity index (χ0v) is 13.2. The van der Waals surface area contributed by atoms with Gasteiger partial charge < -0.3 is 14.7 Å². The summed E-state index contributed by atoms with van der Waals surface area (Å²) in [6, 6.07) is 6.86. The number of rotatable bonds is 2. The van der Waals surface area contributed by atoms with Crippen LogP contribution in [-0.2, 0) is 4.79 Å². The van der Waals surface area contributed by atoms with Gasteiger partial charge in [0.15, 0.2) is 0 Å². The van der Waals surface area contributed by atoms with E-state index in [2.05, 4.69) is 11.9 Å². The summed E-state index contributed by atoms with van der Waals surface area (Å²) < 4.78 is 13.8. The van der Waals surface area contributed by atoms with E-state index in [1.165, 1.54) is 6.07 Å². The first kappa shape index (κ1) is 15.3. The van der Waals surface area contributed by atoms with Crippen LogP contribution in [0.3, 0.4) is 0 Å². The molecule has 0 aliphatic carbocycles. The quantitative estimate of drug-likeness (QED) is 0.834. The number of likely N-dealkylation sites (tertiary alicyclic amines) is 1. The molecular formula is C17H24FN3O. The van der Waals surface area contributed by atoms with E-state index in [0.29, 0.717) is 31.9 Å². The smallest absolute Gasteiger partial charge is 0.227 e. The number of piperazine rings is 1. The second kappa shape index (κ2) is 6.65. The number of halogens is 1. The molecule has 1 atom stereocenters. The van der Waals surface area contributed by atoms with Crippen molar-refractivity contribution in [2.75, 3.05) is 51.2 Å². The Kier molecular flexibility index (Phi) is 4.62. The van der Waals surface area contributed by atoms with Crippen molar-refractivity contribution in [3.8, 4) is 0 Å². The van der Waals surface area contributed by atoms with Crippen LogP contribution in [0, 0.1) is 11.7 Å². The van der Waals surface area contributed by atoms with E-state index in [4.69, 9.17) is 0 Å². The minimum atomic E-state index is -0.184. The third-order valence-corrected chi connectivity index (χ3v) is 4.76. The van der Waals surface area contributed by atoms with E-state index in [-0.39, 0.29) is 17.6 Å². The number of amides is 1. The van der Waals surface area contributed by atoms with Crippen LogP contribution in [0.5, 0.6) is 0 Å². The Labute approximate surface area is 131 Å². The van der Waals surface area contributed by atoms with Crippen LogP contribution in [-0.4, -0.2) is 62.0 Å². The van der Waals surface area contributed by atoms with Crippen LogP contribution in [0.15, 0.2) is 24.3 Å². The van der Waals surface area contributed by atoms with E-state index >= 15 is 0 Å². The maximum absolute atomic E-state index is 13.8. The fourth-order valence-electron chi connectivity index (χ4n) is 3.50. The number of carbonyl (C=O) groups is 1. The predicted molar refractivity (Wildman–Crippen MR) is 85.4 cm³/mol. The molecule has 120 valence electrons. The first-order valence-corrected chi connectivity index (χ1v) is 8.12. The molecule has 4 nitrogen and oxygen atoms in total. The van der Waals surface area contributed by atoms with E-state index in [1.54, 1.807) is 6.07 Å². The summed E-state index contributed by atoms with van der Waals surface area (Å²) in [7, 11) is 2.08. The summed E-state index contributed by atoms with van der Waals surface area (Å²) in [5.41, 5.74) is 0.645. The predicted octanol–water partition coefficient (Wildman–Crippen LogP) is 1.82. The Bertz CT molecular complexity index is 528. The number of piperidine rings is 1. The molecule has 0 spiro atoms. The van der Waals surface area contributed by atoms with Crippen LogP contribution >= 0.6 is 0 Å². The molecule has 1 amide bonds. The average molecular weight is 305 g/mol. The van der Waals surface area contributed by atoms with Gasteiger partial charge in [-0.1, -0.05) is 12.1 Å². The Morgan fingerprint density at radius 2 is 1.86 bits per heavy atom. The molecule has 2 aliphatic rings. The Morgan fingerprint density at radius 3 is 2.55 bits per heavy atom. The molecule has 0 N–H and O–H groups in total. The molecule has 3 rings (SSSR count). The molecule has 2 fully saturated rings. The second-order valence-corrected chi connectivity index (χ2v) is 6.37. The summed E-state index contributed by atoms with van der Waals surface area (Å²) >= 11 is 0. The van der Waals surface area contributed by atoms with Crippen LogP contribution in [0.4, 0.5) is 10.1 Å². The largest absolute Gasteiger partial charge is 0.366 e. The Morgan fingerprint density at radius 1 is 1.14 bits per heavy atom. The van der Waals surface area contributed by atoms with Crippen molar-refractivity contribution >= 4 is 11.6 Å². The lowest BCUT2D eigenvalue weighted by atomic mass is 9.96. The Balaban J connectivity index is 1.57. The number of carbonyl (C=O) groups excluding carboxylic acids is 1. The number of anilines is 1. The molecule has 2 aliphatic heterocycles. The van der Waals surface area contributed by atoms with E-state index in [9.17, 15) is 9.18 Å². The maximum Gasteiger partial charge on any atom is 0.227 e. The average Bonchev–Trinajstić information content (AvgIpc) is 2.55. The SMILES string of the molecule is CN1CCC[C@@H](C(=O)N2CCN(c3ccccc3F)CC2)C1. The molecule has 22 heavy (non-hydrogen) atoms. The standard InChI is InChI=1S/C17H24FN3O/c1-19-8-4-5-14(13-19)17(22)21-11-9-20(10-12-21)16-7-3-2-6-15(16)18/h2-3,6-7,14H,4-5,8-13H2,1H3/t14-/m1/s1. The van der Waals surface area contributed by atoms with Crippen molar-refractivity contribution in [1.29, 1.82) is 0 Å². The van der Waals surface area contributed by atoms with Crippen LogP contribution < -0.4 is 4.90 Å². The fraction of sp³-hybridized carbons (Fsp3) is 0.588. The van der Waals surface area contributed by atoms with E-state index < -0.39 is 0 Å². The highest BCUT2D eigenvalue weighted by molar-refractivity contribution is 5.79. The minimum Gasteiger partial charge on any atom is -0.366 e. The van der Waals surface area contributed by atoms with Gasteiger partial charge in [0.2, 0.25) is 5.91 Å². The highest BCUT2D eigenvalue weighted by Gasteiger charge is 2.30. The maximum atomic E-state index is 13.8. The number of nitrogens with zero attached hydrogens (tertiary/aromatic N) is 3. The number of para-hydroxylation sites is 1. The topological polar surface area (TPSA) is 26.8 Å². The van der Waals surface area contributed by atoms with Crippen LogP contribution in [0.2, 0.25) is 0 Å². The molecule has 2 heterocycles. The molecular weight excluding hydrogens is 281 g/mol.